The number of benzene rings is 2. The molecule has 1 amide bonds. The van der Waals surface area contributed by atoms with Gasteiger partial charge in [0.05, 0.1) is 5.71 Å². The lowest BCUT2D eigenvalue weighted by molar-refractivity contribution is -0.157. The summed E-state index contributed by atoms with van der Waals surface area (Å²) in [7, 11) is 0. The van der Waals surface area contributed by atoms with Crippen LogP contribution in [0.2, 0.25) is 5.02 Å². The van der Waals surface area contributed by atoms with Crippen LogP contribution in [0.3, 0.4) is 0 Å². The first-order valence-corrected chi connectivity index (χ1v) is 9.75. The molecule has 0 radical (unpaired) electrons. The predicted octanol–water partition coefficient (Wildman–Crippen LogP) is 4.14. The van der Waals surface area contributed by atoms with Crippen molar-refractivity contribution in [2.45, 2.75) is 31.4 Å². The third kappa shape index (κ3) is 4.46. The van der Waals surface area contributed by atoms with E-state index in [1.54, 1.807) is 5.06 Å². The van der Waals surface area contributed by atoms with Crippen LogP contribution < -0.4 is 5.32 Å². The van der Waals surface area contributed by atoms with E-state index in [0.717, 1.165) is 36.1 Å². The normalized spacial score (nSPS) is 18.4. The quantitative estimate of drug-likeness (QED) is 0.839. The molecule has 7 heteroatoms. The Kier molecular flexibility index (Phi) is 5.50. The van der Waals surface area contributed by atoms with Gasteiger partial charge in [0.25, 0.3) is 0 Å². The molecule has 0 atom stereocenters. The summed E-state index contributed by atoms with van der Waals surface area (Å²) in [4.78, 5) is 23.2. The van der Waals surface area contributed by atoms with Crippen molar-refractivity contribution in [3.8, 4) is 0 Å². The zero-order chi connectivity index (χ0) is 19.4. The summed E-state index contributed by atoms with van der Waals surface area (Å²) in [6, 6.07) is 17.4. The van der Waals surface area contributed by atoms with Crippen molar-refractivity contribution in [2.75, 3.05) is 13.1 Å². The lowest BCUT2D eigenvalue weighted by atomic mass is 9.86. The van der Waals surface area contributed by atoms with Gasteiger partial charge in [0.15, 0.2) is 0 Å². The van der Waals surface area contributed by atoms with Gasteiger partial charge in [-0.05, 0) is 23.3 Å². The first-order chi connectivity index (χ1) is 13.6. The molecule has 2 aliphatic rings. The van der Waals surface area contributed by atoms with Crippen molar-refractivity contribution in [3.05, 3.63) is 70.7 Å². The Balaban J connectivity index is 1.24. The van der Waals surface area contributed by atoms with Gasteiger partial charge in [0.2, 0.25) is 0 Å². The van der Waals surface area contributed by atoms with Gasteiger partial charge in [-0.15, -0.1) is 5.06 Å². The van der Waals surface area contributed by atoms with E-state index < -0.39 is 6.09 Å². The monoisotopic (exact) mass is 399 g/mol. The summed E-state index contributed by atoms with van der Waals surface area (Å²) in [5.41, 5.74) is 2.69. The maximum Gasteiger partial charge on any atom is 0.426 e. The predicted molar refractivity (Wildman–Crippen MR) is 107 cm³/mol. The fourth-order valence-corrected chi connectivity index (χ4v) is 3.62. The average molecular weight is 400 g/mol. The number of carbonyl (C=O) groups excluding carboxylic acids is 1. The van der Waals surface area contributed by atoms with Gasteiger partial charge in [0, 0.05) is 43.9 Å². The summed E-state index contributed by atoms with van der Waals surface area (Å²) in [5, 5.41) is 9.46. The molecular formula is C21H22ClN3O3. The molecule has 0 bridgehead atoms. The number of hydrogen-bond donors (Lipinski definition) is 1. The lowest BCUT2D eigenvalue weighted by Gasteiger charge is -2.35. The van der Waals surface area contributed by atoms with Crippen LogP contribution in [0.4, 0.5) is 4.79 Å². The molecule has 6 nitrogen and oxygen atoms in total. The fourth-order valence-electron chi connectivity index (χ4n) is 3.49. The molecule has 4 rings (SSSR count). The van der Waals surface area contributed by atoms with Crippen molar-refractivity contribution in [2.24, 2.45) is 5.16 Å². The third-order valence-corrected chi connectivity index (χ3v) is 5.39. The number of amides is 1. The standard InChI is InChI=1S/C21H22ClN3O3/c22-18-8-6-17(7-9-18)19-14-21(28-24-19)10-12-25(13-11-21)27-20(26)23-15-16-4-2-1-3-5-16/h1-9H,10-15H2,(H,23,26). The summed E-state index contributed by atoms with van der Waals surface area (Å²) >= 11 is 5.95. The summed E-state index contributed by atoms with van der Waals surface area (Å²) in [6.07, 6.45) is 1.81. The molecule has 2 heterocycles. The number of hydrogen-bond acceptors (Lipinski definition) is 5. The highest BCUT2D eigenvalue weighted by Gasteiger charge is 2.43. The SMILES string of the molecule is O=C(NCc1ccccc1)ON1CCC2(CC1)CC(c1ccc(Cl)cc1)=NO2. The minimum atomic E-state index is -0.440. The summed E-state index contributed by atoms with van der Waals surface area (Å²) in [6.45, 7) is 1.67. The van der Waals surface area contributed by atoms with Gasteiger partial charge in [-0.2, -0.15) is 0 Å². The molecular weight excluding hydrogens is 378 g/mol. The molecule has 2 aliphatic heterocycles. The second-order valence-electron chi connectivity index (χ2n) is 7.14. The number of hydroxylamine groups is 2. The Morgan fingerprint density at radius 3 is 2.57 bits per heavy atom. The number of carbonyl (C=O) groups is 1. The molecule has 1 saturated heterocycles. The molecule has 2 aromatic carbocycles. The van der Waals surface area contributed by atoms with E-state index in [9.17, 15) is 4.79 Å². The molecule has 1 N–H and O–H groups in total. The number of oxime groups is 1. The highest BCUT2D eigenvalue weighted by molar-refractivity contribution is 6.30. The molecule has 0 aromatic heterocycles. The Morgan fingerprint density at radius 2 is 1.86 bits per heavy atom. The minimum absolute atomic E-state index is 0.310. The van der Waals surface area contributed by atoms with Crippen LogP contribution in [0.25, 0.3) is 0 Å². The van der Waals surface area contributed by atoms with Crippen molar-refractivity contribution in [3.63, 3.8) is 0 Å². The molecule has 1 fully saturated rings. The smallest absolute Gasteiger partial charge is 0.388 e. The van der Waals surface area contributed by atoms with Gasteiger partial charge < -0.3 is 15.0 Å². The van der Waals surface area contributed by atoms with Crippen molar-refractivity contribution in [1.29, 1.82) is 0 Å². The van der Waals surface area contributed by atoms with Gasteiger partial charge in [-0.3, -0.25) is 0 Å². The van der Waals surface area contributed by atoms with E-state index in [0.29, 0.717) is 24.7 Å². The maximum absolute atomic E-state index is 12.0. The largest absolute Gasteiger partial charge is 0.426 e. The summed E-state index contributed by atoms with van der Waals surface area (Å²) < 4.78 is 0. The number of halogens is 1. The Bertz CT molecular complexity index is 847. The molecule has 0 aliphatic carbocycles. The molecule has 0 unspecified atom stereocenters. The van der Waals surface area contributed by atoms with Crippen LogP contribution in [0, 0.1) is 0 Å². The number of piperidine rings is 1. The van der Waals surface area contributed by atoms with Gasteiger partial charge in [-0.25, -0.2) is 4.79 Å². The van der Waals surface area contributed by atoms with Gasteiger partial charge >= 0.3 is 6.09 Å². The van der Waals surface area contributed by atoms with Crippen LogP contribution in [-0.2, 0) is 16.2 Å². The van der Waals surface area contributed by atoms with Crippen LogP contribution in [0.5, 0.6) is 0 Å². The van der Waals surface area contributed by atoms with Crippen LogP contribution in [0.1, 0.15) is 30.4 Å². The molecule has 1 spiro atoms. The van der Waals surface area contributed by atoms with E-state index in [1.165, 1.54) is 0 Å². The zero-order valence-electron chi connectivity index (χ0n) is 15.4. The minimum Gasteiger partial charge on any atom is -0.388 e. The molecule has 28 heavy (non-hydrogen) atoms. The van der Waals surface area contributed by atoms with E-state index in [2.05, 4.69) is 10.5 Å². The highest BCUT2D eigenvalue weighted by atomic mass is 35.5. The topological polar surface area (TPSA) is 63.2 Å². The van der Waals surface area contributed by atoms with Crippen molar-refractivity contribution < 1.29 is 14.5 Å². The second-order valence-corrected chi connectivity index (χ2v) is 7.58. The Morgan fingerprint density at radius 1 is 1.14 bits per heavy atom. The number of nitrogens with zero attached hydrogens (tertiary/aromatic N) is 2. The van der Waals surface area contributed by atoms with Gasteiger partial charge in [0.1, 0.15) is 5.60 Å². The van der Waals surface area contributed by atoms with Crippen molar-refractivity contribution in [1.82, 2.24) is 10.4 Å². The number of nitrogens with one attached hydrogen (secondary N) is 1. The van der Waals surface area contributed by atoms with Crippen LogP contribution in [-0.4, -0.2) is 35.6 Å². The summed E-state index contributed by atoms with van der Waals surface area (Å²) in [5.74, 6) is 0. The zero-order valence-corrected chi connectivity index (χ0v) is 16.2. The fraction of sp³-hybridized carbons (Fsp3) is 0.333. The Hall–Kier alpha value is -2.57. The van der Waals surface area contributed by atoms with Crippen LogP contribution >= 0.6 is 11.6 Å². The highest BCUT2D eigenvalue weighted by Crippen LogP contribution is 2.36. The Labute approximate surface area is 169 Å². The van der Waals surface area contributed by atoms with E-state index >= 15 is 0 Å². The second kappa shape index (κ2) is 8.20. The van der Waals surface area contributed by atoms with Crippen molar-refractivity contribution >= 4 is 23.4 Å². The maximum atomic E-state index is 12.0. The lowest BCUT2D eigenvalue weighted by Crippen LogP contribution is -2.46. The molecule has 0 saturated carbocycles. The first-order valence-electron chi connectivity index (χ1n) is 9.38. The van der Waals surface area contributed by atoms with Crippen LogP contribution in [0.15, 0.2) is 59.8 Å². The molecule has 146 valence electrons. The van der Waals surface area contributed by atoms with E-state index in [4.69, 9.17) is 21.3 Å². The van der Waals surface area contributed by atoms with Gasteiger partial charge in [-0.1, -0.05) is 59.2 Å². The van der Waals surface area contributed by atoms with E-state index in [-0.39, 0.29) is 5.60 Å². The third-order valence-electron chi connectivity index (χ3n) is 5.14. The first kappa shape index (κ1) is 18.8. The molecule has 2 aromatic rings. The average Bonchev–Trinajstić information content (AvgIpc) is 3.13. The number of rotatable bonds is 4. The van der Waals surface area contributed by atoms with E-state index in [1.807, 2.05) is 54.6 Å².